The van der Waals surface area contributed by atoms with E-state index < -0.39 is 0 Å². The van der Waals surface area contributed by atoms with Crippen LogP contribution >= 0.6 is 11.6 Å². The minimum Gasteiger partial charge on any atom is -0.327 e. The number of halogens is 1. The molecule has 1 unspecified atom stereocenters. The predicted molar refractivity (Wildman–Crippen MR) is 78.4 cm³/mol. The first-order valence-corrected chi connectivity index (χ1v) is 7.21. The molecule has 0 aliphatic carbocycles. The van der Waals surface area contributed by atoms with E-state index in [1.54, 1.807) is 0 Å². The third-order valence-electron chi connectivity index (χ3n) is 3.75. The minimum atomic E-state index is 0.517. The summed E-state index contributed by atoms with van der Waals surface area (Å²) in [4.78, 5) is 4.33. The van der Waals surface area contributed by atoms with E-state index in [2.05, 4.69) is 20.9 Å². The first-order valence-electron chi connectivity index (χ1n) is 6.84. The molecule has 3 rings (SSSR count). The van der Waals surface area contributed by atoms with Crippen molar-refractivity contribution in [3.8, 4) is 11.3 Å². The van der Waals surface area contributed by atoms with Crippen molar-refractivity contribution in [3.05, 3.63) is 41.8 Å². The van der Waals surface area contributed by atoms with Crippen LogP contribution in [0.5, 0.6) is 0 Å². The van der Waals surface area contributed by atoms with Crippen LogP contribution in [0.4, 0.5) is 0 Å². The zero-order chi connectivity index (χ0) is 13.1. The number of nitrogens with zero attached hydrogens (tertiary/aromatic N) is 2. The topological polar surface area (TPSA) is 29.9 Å². The molecule has 4 heteroatoms. The third kappa shape index (κ3) is 2.67. The fourth-order valence-corrected chi connectivity index (χ4v) is 2.98. The molecule has 0 radical (unpaired) electrons. The lowest BCUT2D eigenvalue weighted by molar-refractivity contribution is 0.457. The molecule has 0 bridgehead atoms. The Balaban J connectivity index is 1.96. The van der Waals surface area contributed by atoms with E-state index >= 15 is 0 Å². The van der Waals surface area contributed by atoms with Gasteiger partial charge in [-0.15, -0.1) is 0 Å². The molecule has 0 saturated carbocycles. The Labute approximate surface area is 118 Å². The zero-order valence-corrected chi connectivity index (χ0v) is 11.6. The third-order valence-corrected chi connectivity index (χ3v) is 4.08. The Morgan fingerprint density at radius 1 is 1.21 bits per heavy atom. The second-order valence-corrected chi connectivity index (χ2v) is 5.41. The van der Waals surface area contributed by atoms with Gasteiger partial charge in [0.1, 0.15) is 0 Å². The maximum atomic E-state index is 6.31. The summed E-state index contributed by atoms with van der Waals surface area (Å²) >= 11 is 6.31. The number of benzene rings is 1. The zero-order valence-electron chi connectivity index (χ0n) is 10.8. The lowest BCUT2D eigenvalue weighted by atomic mass is 10.1. The lowest BCUT2D eigenvalue weighted by Gasteiger charge is -2.19. The van der Waals surface area contributed by atoms with Gasteiger partial charge in [-0.2, -0.15) is 0 Å². The highest BCUT2D eigenvalue weighted by molar-refractivity contribution is 6.33. The molecule has 1 aromatic carbocycles. The molecule has 2 aromatic rings. The van der Waals surface area contributed by atoms with Crippen molar-refractivity contribution in [3.63, 3.8) is 0 Å². The summed E-state index contributed by atoms with van der Waals surface area (Å²) < 4.78 is 2.29. The quantitative estimate of drug-likeness (QED) is 0.909. The highest BCUT2D eigenvalue weighted by Crippen LogP contribution is 2.31. The van der Waals surface area contributed by atoms with Crippen molar-refractivity contribution in [1.82, 2.24) is 14.9 Å². The normalized spacial score (nSPS) is 20.2. The predicted octanol–water partition coefficient (Wildman–Crippen LogP) is 3.52. The van der Waals surface area contributed by atoms with Gasteiger partial charge in [0.25, 0.3) is 0 Å². The summed E-state index contributed by atoms with van der Waals surface area (Å²) in [6, 6.07) is 8.49. The maximum absolute atomic E-state index is 6.31. The standard InChI is InChI=1S/C15H18ClN3/c16-14-6-2-1-5-13(14)15-10-18-11-19(15)12-4-3-8-17-9-7-12/h1-2,5-6,10-12,17H,3-4,7-9H2. The average Bonchev–Trinajstić information content (AvgIpc) is 2.74. The van der Waals surface area contributed by atoms with Crippen LogP contribution in [0.25, 0.3) is 11.3 Å². The van der Waals surface area contributed by atoms with Crippen molar-refractivity contribution in [2.24, 2.45) is 0 Å². The van der Waals surface area contributed by atoms with Crippen LogP contribution in [-0.4, -0.2) is 22.6 Å². The van der Waals surface area contributed by atoms with Crippen molar-refractivity contribution in [1.29, 1.82) is 0 Å². The molecule has 1 saturated heterocycles. The van der Waals surface area contributed by atoms with Crippen LogP contribution in [0, 0.1) is 0 Å². The molecule has 1 aromatic heterocycles. The summed E-state index contributed by atoms with van der Waals surface area (Å²) in [5, 5.41) is 4.24. The fraction of sp³-hybridized carbons (Fsp3) is 0.400. The number of nitrogens with one attached hydrogen (secondary N) is 1. The van der Waals surface area contributed by atoms with Crippen molar-refractivity contribution >= 4 is 11.6 Å². The first-order chi connectivity index (χ1) is 9.36. The van der Waals surface area contributed by atoms with Crippen LogP contribution in [0.1, 0.15) is 25.3 Å². The monoisotopic (exact) mass is 275 g/mol. The Hall–Kier alpha value is -1.32. The Morgan fingerprint density at radius 3 is 3.00 bits per heavy atom. The molecule has 1 aliphatic rings. The molecule has 0 amide bonds. The molecule has 3 nitrogen and oxygen atoms in total. The molecule has 100 valence electrons. The number of hydrogen-bond acceptors (Lipinski definition) is 2. The highest BCUT2D eigenvalue weighted by Gasteiger charge is 2.18. The smallest absolute Gasteiger partial charge is 0.0953 e. The van der Waals surface area contributed by atoms with Gasteiger partial charge in [0.05, 0.1) is 18.2 Å². The van der Waals surface area contributed by atoms with Crippen LogP contribution < -0.4 is 5.32 Å². The summed E-state index contributed by atoms with van der Waals surface area (Å²) in [7, 11) is 0. The number of imidazole rings is 1. The van der Waals surface area contributed by atoms with Crippen LogP contribution in [0.2, 0.25) is 5.02 Å². The van der Waals surface area contributed by atoms with Gasteiger partial charge >= 0.3 is 0 Å². The number of aromatic nitrogens is 2. The van der Waals surface area contributed by atoms with Gasteiger partial charge in [0, 0.05) is 16.6 Å². The van der Waals surface area contributed by atoms with Crippen LogP contribution in [-0.2, 0) is 0 Å². The van der Waals surface area contributed by atoms with Gasteiger partial charge in [0.2, 0.25) is 0 Å². The SMILES string of the molecule is Clc1ccccc1-c1cncn1C1CCCNCC1. The van der Waals surface area contributed by atoms with E-state index in [-0.39, 0.29) is 0 Å². The van der Waals surface area contributed by atoms with E-state index in [0.29, 0.717) is 6.04 Å². The molecule has 19 heavy (non-hydrogen) atoms. The van der Waals surface area contributed by atoms with Crippen molar-refractivity contribution in [2.75, 3.05) is 13.1 Å². The van der Waals surface area contributed by atoms with Crippen LogP contribution in [0.15, 0.2) is 36.8 Å². The maximum Gasteiger partial charge on any atom is 0.0953 e. The van der Waals surface area contributed by atoms with Gasteiger partial charge < -0.3 is 9.88 Å². The van der Waals surface area contributed by atoms with Crippen molar-refractivity contribution < 1.29 is 0 Å². The average molecular weight is 276 g/mol. The molecule has 0 spiro atoms. The molecular weight excluding hydrogens is 258 g/mol. The van der Waals surface area contributed by atoms with Gasteiger partial charge in [-0.3, -0.25) is 0 Å². The second-order valence-electron chi connectivity index (χ2n) is 5.00. The highest BCUT2D eigenvalue weighted by atomic mass is 35.5. The minimum absolute atomic E-state index is 0.517. The summed E-state index contributed by atoms with van der Waals surface area (Å²) in [6.45, 7) is 2.19. The van der Waals surface area contributed by atoms with Crippen molar-refractivity contribution in [2.45, 2.75) is 25.3 Å². The van der Waals surface area contributed by atoms with Gasteiger partial charge in [-0.25, -0.2) is 4.98 Å². The van der Waals surface area contributed by atoms with Gasteiger partial charge in [0.15, 0.2) is 0 Å². The molecule has 2 heterocycles. The van der Waals surface area contributed by atoms with Crippen LogP contribution in [0.3, 0.4) is 0 Å². The fourth-order valence-electron chi connectivity index (χ4n) is 2.75. The molecule has 1 atom stereocenters. The molecule has 1 fully saturated rings. The second kappa shape index (κ2) is 5.76. The van der Waals surface area contributed by atoms with Gasteiger partial charge in [-0.05, 0) is 38.4 Å². The summed E-state index contributed by atoms with van der Waals surface area (Å²) in [6.07, 6.45) is 7.41. The Bertz CT molecular complexity index is 542. The molecule has 1 N–H and O–H groups in total. The summed E-state index contributed by atoms with van der Waals surface area (Å²) in [5.41, 5.74) is 2.19. The van der Waals surface area contributed by atoms with E-state index in [9.17, 15) is 0 Å². The molecular formula is C15H18ClN3. The largest absolute Gasteiger partial charge is 0.327 e. The van der Waals surface area contributed by atoms with E-state index in [1.165, 1.54) is 12.8 Å². The van der Waals surface area contributed by atoms with E-state index in [0.717, 1.165) is 35.8 Å². The number of hydrogen-bond donors (Lipinski definition) is 1. The van der Waals surface area contributed by atoms with E-state index in [1.807, 2.05) is 30.7 Å². The first kappa shape index (κ1) is 12.7. The molecule has 1 aliphatic heterocycles. The van der Waals surface area contributed by atoms with Gasteiger partial charge in [-0.1, -0.05) is 29.8 Å². The number of rotatable bonds is 2. The Kier molecular flexibility index (Phi) is 3.85. The summed E-state index contributed by atoms with van der Waals surface area (Å²) in [5.74, 6) is 0. The lowest BCUT2D eigenvalue weighted by Crippen LogP contribution is -2.15. The Morgan fingerprint density at radius 2 is 2.11 bits per heavy atom. The van der Waals surface area contributed by atoms with E-state index in [4.69, 9.17) is 11.6 Å².